The first kappa shape index (κ1) is 14.9. The van der Waals surface area contributed by atoms with Gasteiger partial charge in [0.1, 0.15) is 0 Å². The molecule has 1 aliphatic heterocycles. The van der Waals surface area contributed by atoms with Crippen LogP contribution >= 0.6 is 0 Å². The Labute approximate surface area is 130 Å². The molecule has 1 atom stereocenters. The van der Waals surface area contributed by atoms with Crippen molar-refractivity contribution in [2.75, 3.05) is 33.4 Å². The monoisotopic (exact) mass is 299 g/mol. The van der Waals surface area contributed by atoms with Crippen molar-refractivity contribution in [3.05, 3.63) is 41.6 Å². The molecule has 2 heterocycles. The lowest BCUT2D eigenvalue weighted by Crippen LogP contribution is -2.27. The lowest BCUT2D eigenvalue weighted by Gasteiger charge is -2.13. The zero-order valence-corrected chi connectivity index (χ0v) is 12.8. The van der Waals surface area contributed by atoms with Crippen molar-refractivity contribution in [2.45, 2.75) is 12.3 Å². The normalized spacial score (nSPS) is 17.8. The zero-order valence-electron chi connectivity index (χ0n) is 12.8. The fraction of sp³-hybridized carbons (Fsp3) is 0.412. The van der Waals surface area contributed by atoms with Crippen molar-refractivity contribution in [2.24, 2.45) is 0 Å². The summed E-state index contributed by atoms with van der Waals surface area (Å²) in [5, 5.41) is 7.15. The summed E-state index contributed by atoms with van der Waals surface area (Å²) >= 11 is 0. The van der Waals surface area contributed by atoms with Crippen LogP contribution in [0, 0.1) is 0 Å². The number of pyridine rings is 1. The number of carbonyl (C=O) groups excluding carboxylic acids is 1. The van der Waals surface area contributed by atoms with Gasteiger partial charge in [0, 0.05) is 37.2 Å². The van der Waals surface area contributed by atoms with Crippen molar-refractivity contribution >= 4 is 16.8 Å². The lowest BCUT2D eigenvalue weighted by molar-refractivity contribution is 0.0938. The first-order valence-corrected chi connectivity index (χ1v) is 7.67. The van der Waals surface area contributed by atoms with E-state index in [1.165, 1.54) is 0 Å². The van der Waals surface area contributed by atoms with Gasteiger partial charge < -0.3 is 15.4 Å². The average Bonchev–Trinajstić information content (AvgIpc) is 3.08. The molecule has 0 spiro atoms. The van der Waals surface area contributed by atoms with E-state index in [9.17, 15) is 4.79 Å². The third-order valence-corrected chi connectivity index (χ3v) is 4.05. The van der Waals surface area contributed by atoms with Crippen LogP contribution in [0.1, 0.15) is 28.4 Å². The number of aromatic nitrogens is 1. The smallest absolute Gasteiger partial charge is 0.252 e. The van der Waals surface area contributed by atoms with Gasteiger partial charge in [-0.05, 0) is 25.1 Å². The number of hydrogen-bond acceptors (Lipinski definition) is 4. The Balaban J connectivity index is 1.96. The van der Waals surface area contributed by atoms with Gasteiger partial charge in [0.2, 0.25) is 0 Å². The van der Waals surface area contributed by atoms with E-state index in [0.29, 0.717) is 24.6 Å². The topological polar surface area (TPSA) is 63.2 Å². The number of fused-ring (bicyclic) bond motifs is 1. The van der Waals surface area contributed by atoms with Gasteiger partial charge in [-0.25, -0.2) is 0 Å². The third kappa shape index (κ3) is 3.10. The molecule has 116 valence electrons. The van der Waals surface area contributed by atoms with Crippen LogP contribution in [0.5, 0.6) is 0 Å². The van der Waals surface area contributed by atoms with Gasteiger partial charge in [0.25, 0.3) is 5.91 Å². The maximum atomic E-state index is 12.5. The van der Waals surface area contributed by atoms with E-state index in [0.717, 1.165) is 36.1 Å². The van der Waals surface area contributed by atoms with Crippen molar-refractivity contribution in [3.8, 4) is 0 Å². The summed E-state index contributed by atoms with van der Waals surface area (Å²) in [4.78, 5) is 17.2. The van der Waals surface area contributed by atoms with Gasteiger partial charge in [0.05, 0.1) is 17.7 Å². The largest absolute Gasteiger partial charge is 0.383 e. The summed E-state index contributed by atoms with van der Waals surface area (Å²) in [5.74, 6) is 0.318. The number of methoxy groups -OCH3 is 1. The van der Waals surface area contributed by atoms with Gasteiger partial charge in [-0.2, -0.15) is 0 Å². The molecule has 0 aliphatic carbocycles. The summed E-state index contributed by atoms with van der Waals surface area (Å²) < 4.78 is 4.99. The van der Waals surface area contributed by atoms with Crippen LogP contribution in [-0.4, -0.2) is 44.2 Å². The Bertz CT molecular complexity index is 666. The van der Waals surface area contributed by atoms with Gasteiger partial charge in [-0.1, -0.05) is 18.2 Å². The van der Waals surface area contributed by atoms with Crippen LogP contribution in [0.2, 0.25) is 0 Å². The maximum Gasteiger partial charge on any atom is 0.252 e. The number of rotatable bonds is 5. The van der Waals surface area contributed by atoms with E-state index in [1.54, 1.807) is 7.11 Å². The Morgan fingerprint density at radius 2 is 2.32 bits per heavy atom. The van der Waals surface area contributed by atoms with Crippen LogP contribution in [0.25, 0.3) is 10.9 Å². The highest BCUT2D eigenvalue weighted by molar-refractivity contribution is 6.06. The molecule has 0 radical (unpaired) electrons. The van der Waals surface area contributed by atoms with Crippen LogP contribution in [0.4, 0.5) is 0 Å². The first-order valence-electron chi connectivity index (χ1n) is 7.67. The fourth-order valence-electron chi connectivity index (χ4n) is 2.86. The molecule has 1 fully saturated rings. The van der Waals surface area contributed by atoms with Crippen LogP contribution in [0.15, 0.2) is 30.3 Å². The highest BCUT2D eigenvalue weighted by Crippen LogP contribution is 2.26. The van der Waals surface area contributed by atoms with Crippen molar-refractivity contribution in [1.82, 2.24) is 15.6 Å². The number of nitrogens with zero attached hydrogens (tertiary/aromatic N) is 1. The van der Waals surface area contributed by atoms with Crippen molar-refractivity contribution in [1.29, 1.82) is 0 Å². The summed E-state index contributed by atoms with van der Waals surface area (Å²) in [6.45, 7) is 2.95. The average molecular weight is 299 g/mol. The van der Waals surface area contributed by atoms with E-state index < -0.39 is 0 Å². The van der Waals surface area contributed by atoms with Crippen molar-refractivity contribution in [3.63, 3.8) is 0 Å². The van der Waals surface area contributed by atoms with Gasteiger partial charge in [-0.3, -0.25) is 9.78 Å². The standard InChI is InChI=1S/C17H21N3O2/c1-22-9-8-19-17(21)14-10-16(12-6-7-18-11-12)20-15-5-3-2-4-13(14)15/h2-5,10,12,18H,6-9,11H2,1H3,(H,19,21). The molecule has 5 heteroatoms. The molecule has 22 heavy (non-hydrogen) atoms. The fourth-order valence-corrected chi connectivity index (χ4v) is 2.86. The highest BCUT2D eigenvalue weighted by atomic mass is 16.5. The van der Waals surface area contributed by atoms with Crippen LogP contribution in [-0.2, 0) is 4.74 Å². The predicted molar refractivity (Wildman–Crippen MR) is 86.2 cm³/mol. The summed E-state index contributed by atoms with van der Waals surface area (Å²) in [6.07, 6.45) is 1.07. The highest BCUT2D eigenvalue weighted by Gasteiger charge is 2.21. The molecule has 2 aromatic rings. The predicted octanol–water partition coefficient (Wildman–Crippen LogP) is 1.69. The van der Waals surface area contributed by atoms with Crippen LogP contribution < -0.4 is 10.6 Å². The summed E-state index contributed by atoms with van der Waals surface area (Å²) in [6, 6.07) is 9.75. The van der Waals surface area contributed by atoms with Gasteiger partial charge >= 0.3 is 0 Å². The Kier molecular flexibility index (Phi) is 4.65. The molecule has 1 aliphatic rings. The van der Waals surface area contributed by atoms with Crippen LogP contribution in [0.3, 0.4) is 0 Å². The minimum absolute atomic E-state index is 0.0668. The minimum atomic E-state index is -0.0668. The number of benzene rings is 1. The van der Waals surface area contributed by atoms with Crippen molar-refractivity contribution < 1.29 is 9.53 Å². The SMILES string of the molecule is COCCNC(=O)c1cc(C2CCNC2)nc2ccccc12. The second-order valence-corrected chi connectivity index (χ2v) is 5.55. The maximum absolute atomic E-state index is 12.5. The molecular weight excluding hydrogens is 278 g/mol. The Hall–Kier alpha value is -1.98. The molecule has 1 aromatic carbocycles. The number of nitrogens with one attached hydrogen (secondary N) is 2. The molecule has 3 rings (SSSR count). The molecule has 1 unspecified atom stereocenters. The van der Waals surface area contributed by atoms with E-state index in [-0.39, 0.29) is 5.91 Å². The molecule has 1 aromatic heterocycles. The van der Waals surface area contributed by atoms with Gasteiger partial charge in [-0.15, -0.1) is 0 Å². The van der Waals surface area contributed by atoms with E-state index in [1.807, 2.05) is 30.3 Å². The molecule has 0 saturated carbocycles. The first-order chi connectivity index (χ1) is 10.8. The molecule has 2 N–H and O–H groups in total. The number of para-hydroxylation sites is 1. The molecule has 1 saturated heterocycles. The lowest BCUT2D eigenvalue weighted by atomic mass is 9.99. The van der Waals surface area contributed by atoms with E-state index >= 15 is 0 Å². The third-order valence-electron chi connectivity index (χ3n) is 4.05. The molecule has 0 bridgehead atoms. The molecule has 5 nitrogen and oxygen atoms in total. The Morgan fingerprint density at radius 1 is 1.45 bits per heavy atom. The van der Waals surface area contributed by atoms with E-state index in [2.05, 4.69) is 10.6 Å². The number of amides is 1. The minimum Gasteiger partial charge on any atom is -0.383 e. The van der Waals surface area contributed by atoms with E-state index in [4.69, 9.17) is 9.72 Å². The summed E-state index contributed by atoms with van der Waals surface area (Å²) in [7, 11) is 1.62. The second-order valence-electron chi connectivity index (χ2n) is 5.55. The van der Waals surface area contributed by atoms with Gasteiger partial charge in [0.15, 0.2) is 0 Å². The number of hydrogen-bond donors (Lipinski definition) is 2. The molecular formula is C17H21N3O2. The summed E-state index contributed by atoms with van der Waals surface area (Å²) in [5.41, 5.74) is 2.58. The Morgan fingerprint density at radius 3 is 3.09 bits per heavy atom. The molecule has 1 amide bonds. The second kappa shape index (κ2) is 6.85. The number of carbonyl (C=O) groups is 1. The number of ether oxygens (including phenoxy) is 1. The zero-order chi connectivity index (χ0) is 15.4. The quantitative estimate of drug-likeness (QED) is 0.825.